The first kappa shape index (κ1) is 22.6. The number of amides is 1. The highest BCUT2D eigenvalue weighted by molar-refractivity contribution is 7.98. The third-order valence-electron chi connectivity index (χ3n) is 5.18. The molecule has 1 aliphatic carbocycles. The van der Waals surface area contributed by atoms with Gasteiger partial charge in [0.2, 0.25) is 10.0 Å². The molecule has 1 amide bonds. The predicted molar refractivity (Wildman–Crippen MR) is 123 cm³/mol. The van der Waals surface area contributed by atoms with Crippen LogP contribution in [0.25, 0.3) is 5.65 Å². The summed E-state index contributed by atoms with van der Waals surface area (Å²) in [5.74, 6) is 1.23. The van der Waals surface area contributed by atoms with Crippen molar-refractivity contribution in [2.75, 3.05) is 19.1 Å². The summed E-state index contributed by atoms with van der Waals surface area (Å²) >= 11 is 1.66. The van der Waals surface area contributed by atoms with Gasteiger partial charge in [-0.1, -0.05) is 6.07 Å². The fourth-order valence-corrected chi connectivity index (χ4v) is 5.32. The fraction of sp³-hybridized carbons (Fsp3) is 0.381. The van der Waals surface area contributed by atoms with E-state index in [1.54, 1.807) is 17.8 Å². The number of nitrogens with one attached hydrogen (secondary N) is 2. The molecular weight excluding hydrogens is 450 g/mol. The SMILES string of the molecule is COc1ccc(C(=O)NC(CCSC)c2nnc3ccccn23)cc1S(=O)(=O)NC1CC1. The lowest BCUT2D eigenvalue weighted by Crippen LogP contribution is -2.31. The molecule has 0 bridgehead atoms. The van der Waals surface area contributed by atoms with Gasteiger partial charge in [-0.2, -0.15) is 11.8 Å². The highest BCUT2D eigenvalue weighted by Crippen LogP contribution is 2.29. The van der Waals surface area contributed by atoms with Gasteiger partial charge in [0.15, 0.2) is 11.5 Å². The molecule has 2 aromatic heterocycles. The number of nitrogens with zero attached hydrogens (tertiary/aromatic N) is 3. The van der Waals surface area contributed by atoms with Crippen LogP contribution >= 0.6 is 11.8 Å². The van der Waals surface area contributed by atoms with Crippen LogP contribution < -0.4 is 14.8 Å². The Balaban J connectivity index is 1.62. The second-order valence-corrected chi connectivity index (χ2v) is 10.2. The minimum absolute atomic E-state index is 0.0480. The van der Waals surface area contributed by atoms with Crippen molar-refractivity contribution < 1.29 is 17.9 Å². The number of sulfonamides is 1. The van der Waals surface area contributed by atoms with Crippen molar-refractivity contribution in [3.8, 4) is 5.75 Å². The summed E-state index contributed by atoms with van der Waals surface area (Å²) in [5.41, 5.74) is 0.917. The number of benzene rings is 1. The Morgan fingerprint density at radius 2 is 2.09 bits per heavy atom. The highest BCUT2D eigenvalue weighted by Gasteiger charge is 2.30. The van der Waals surface area contributed by atoms with E-state index in [-0.39, 0.29) is 28.3 Å². The first-order valence-electron chi connectivity index (χ1n) is 10.2. The molecule has 1 aliphatic rings. The van der Waals surface area contributed by atoms with Gasteiger partial charge >= 0.3 is 0 Å². The topological polar surface area (TPSA) is 115 Å². The van der Waals surface area contributed by atoms with Crippen LogP contribution in [-0.2, 0) is 10.0 Å². The summed E-state index contributed by atoms with van der Waals surface area (Å²) < 4.78 is 35.3. The molecule has 0 radical (unpaired) electrons. The van der Waals surface area contributed by atoms with E-state index in [0.29, 0.717) is 17.9 Å². The number of carbonyl (C=O) groups excluding carboxylic acids is 1. The van der Waals surface area contributed by atoms with E-state index in [9.17, 15) is 13.2 Å². The molecular formula is C21H25N5O4S2. The van der Waals surface area contributed by atoms with Gasteiger partial charge in [-0.05, 0) is 61.6 Å². The molecule has 170 valence electrons. The predicted octanol–water partition coefficient (Wildman–Crippen LogP) is 2.40. The van der Waals surface area contributed by atoms with E-state index in [1.165, 1.54) is 19.2 Å². The molecule has 2 heterocycles. The van der Waals surface area contributed by atoms with Crippen LogP contribution in [0.1, 0.15) is 41.5 Å². The highest BCUT2D eigenvalue weighted by atomic mass is 32.2. The van der Waals surface area contributed by atoms with Gasteiger partial charge < -0.3 is 10.1 Å². The van der Waals surface area contributed by atoms with Crippen molar-refractivity contribution in [2.24, 2.45) is 0 Å². The normalized spacial score (nSPS) is 14.9. The smallest absolute Gasteiger partial charge is 0.251 e. The van der Waals surface area contributed by atoms with Crippen LogP contribution in [0.15, 0.2) is 47.5 Å². The Kier molecular flexibility index (Phi) is 6.68. The third kappa shape index (κ3) is 4.89. The summed E-state index contributed by atoms with van der Waals surface area (Å²) in [6, 6.07) is 9.55. The molecule has 2 N–H and O–H groups in total. The lowest BCUT2D eigenvalue weighted by atomic mass is 10.1. The second-order valence-electron chi connectivity index (χ2n) is 7.56. The van der Waals surface area contributed by atoms with Crippen molar-refractivity contribution in [2.45, 2.75) is 36.2 Å². The van der Waals surface area contributed by atoms with Gasteiger partial charge in [-0.15, -0.1) is 10.2 Å². The van der Waals surface area contributed by atoms with Gasteiger partial charge in [-0.3, -0.25) is 9.20 Å². The maximum atomic E-state index is 13.1. The largest absolute Gasteiger partial charge is 0.495 e. The van der Waals surface area contributed by atoms with E-state index in [2.05, 4.69) is 20.2 Å². The number of methoxy groups -OCH3 is 1. The first-order chi connectivity index (χ1) is 15.4. The molecule has 1 atom stereocenters. The van der Waals surface area contributed by atoms with E-state index >= 15 is 0 Å². The maximum Gasteiger partial charge on any atom is 0.251 e. The number of hydrogen-bond acceptors (Lipinski definition) is 7. The molecule has 1 unspecified atom stereocenters. The number of ether oxygens (including phenoxy) is 1. The quantitative estimate of drug-likeness (QED) is 0.463. The molecule has 0 aliphatic heterocycles. The number of hydrogen-bond donors (Lipinski definition) is 2. The molecule has 4 rings (SSSR count). The maximum absolute atomic E-state index is 13.1. The van der Waals surface area contributed by atoms with Crippen LogP contribution in [-0.4, -0.2) is 54.1 Å². The van der Waals surface area contributed by atoms with Gasteiger partial charge in [-0.25, -0.2) is 13.1 Å². The van der Waals surface area contributed by atoms with E-state index in [0.717, 1.165) is 18.6 Å². The van der Waals surface area contributed by atoms with E-state index in [1.807, 2.05) is 35.1 Å². The van der Waals surface area contributed by atoms with E-state index in [4.69, 9.17) is 4.74 Å². The van der Waals surface area contributed by atoms with Crippen molar-refractivity contribution in [1.29, 1.82) is 0 Å². The summed E-state index contributed by atoms with van der Waals surface area (Å²) in [6.45, 7) is 0. The summed E-state index contributed by atoms with van der Waals surface area (Å²) in [5, 5.41) is 11.5. The zero-order valence-corrected chi connectivity index (χ0v) is 19.4. The molecule has 1 aromatic carbocycles. The molecule has 9 nitrogen and oxygen atoms in total. The van der Waals surface area contributed by atoms with Crippen molar-refractivity contribution in [3.63, 3.8) is 0 Å². The Bertz CT molecular complexity index is 1220. The number of carbonyl (C=O) groups is 1. The fourth-order valence-electron chi connectivity index (χ4n) is 3.35. The average Bonchev–Trinajstić information content (AvgIpc) is 3.50. The third-order valence-corrected chi connectivity index (χ3v) is 7.37. The molecule has 0 spiro atoms. The monoisotopic (exact) mass is 475 g/mol. The van der Waals surface area contributed by atoms with Crippen molar-refractivity contribution >= 4 is 33.3 Å². The standard InChI is InChI=1S/C21H25N5O4S2/c1-30-17-9-6-14(13-18(17)32(28,29)25-15-7-8-15)21(27)22-16(10-12-31-2)20-24-23-19-5-3-4-11-26(19)20/h3-6,9,11,13,15-16,25H,7-8,10,12H2,1-2H3,(H,22,27). The Labute approximate surface area is 191 Å². The molecule has 0 saturated heterocycles. The summed E-state index contributed by atoms with van der Waals surface area (Å²) in [6.07, 6.45) is 6.11. The molecule has 3 aromatic rings. The number of pyridine rings is 1. The Morgan fingerprint density at radius 3 is 2.81 bits per heavy atom. The molecule has 1 fully saturated rings. The van der Waals surface area contributed by atoms with Gasteiger partial charge in [0.05, 0.1) is 13.2 Å². The zero-order valence-electron chi connectivity index (χ0n) is 17.8. The van der Waals surface area contributed by atoms with Crippen LogP contribution in [0, 0.1) is 0 Å². The van der Waals surface area contributed by atoms with Gasteiger partial charge in [0, 0.05) is 17.8 Å². The molecule has 1 saturated carbocycles. The Morgan fingerprint density at radius 1 is 1.28 bits per heavy atom. The number of thioether (sulfide) groups is 1. The average molecular weight is 476 g/mol. The molecule has 32 heavy (non-hydrogen) atoms. The van der Waals surface area contributed by atoms with Gasteiger partial charge in [0.1, 0.15) is 10.6 Å². The minimum Gasteiger partial charge on any atom is -0.495 e. The second kappa shape index (κ2) is 9.47. The first-order valence-corrected chi connectivity index (χ1v) is 13.1. The summed E-state index contributed by atoms with van der Waals surface area (Å²) in [4.78, 5) is 13.1. The number of fused-ring (bicyclic) bond motifs is 1. The lowest BCUT2D eigenvalue weighted by molar-refractivity contribution is 0.0933. The Hall–Kier alpha value is -2.63. The van der Waals surface area contributed by atoms with Gasteiger partial charge in [0.25, 0.3) is 5.91 Å². The minimum atomic E-state index is -3.80. The lowest BCUT2D eigenvalue weighted by Gasteiger charge is -2.18. The molecule has 11 heteroatoms. The number of aromatic nitrogens is 3. The van der Waals surface area contributed by atoms with Crippen LogP contribution in [0.3, 0.4) is 0 Å². The summed E-state index contributed by atoms with van der Waals surface area (Å²) in [7, 11) is -2.39. The van der Waals surface area contributed by atoms with Crippen LogP contribution in [0.2, 0.25) is 0 Å². The number of rotatable bonds is 10. The zero-order chi connectivity index (χ0) is 22.7. The van der Waals surface area contributed by atoms with Crippen LogP contribution in [0.5, 0.6) is 5.75 Å². The van der Waals surface area contributed by atoms with Crippen molar-refractivity contribution in [1.82, 2.24) is 24.6 Å². The van der Waals surface area contributed by atoms with Crippen molar-refractivity contribution in [3.05, 3.63) is 54.0 Å². The van der Waals surface area contributed by atoms with E-state index < -0.39 is 15.9 Å². The van der Waals surface area contributed by atoms with Crippen LogP contribution in [0.4, 0.5) is 0 Å².